The summed E-state index contributed by atoms with van der Waals surface area (Å²) in [5, 5.41) is 12.4. The molecule has 0 bridgehead atoms. The fourth-order valence-electron chi connectivity index (χ4n) is 3.66. The Labute approximate surface area is 160 Å². The quantitative estimate of drug-likeness (QED) is 0.675. The molecular formula is C20H29NO6. The largest absolute Gasteiger partial charge is 0.493 e. The molecule has 150 valence electrons. The van der Waals surface area contributed by atoms with Crippen molar-refractivity contribution in [3.05, 3.63) is 17.7 Å². The highest BCUT2D eigenvalue weighted by Crippen LogP contribution is 2.40. The number of ether oxygens (including phenoxy) is 3. The Kier molecular flexibility index (Phi) is 7.76. The third-order valence-corrected chi connectivity index (χ3v) is 5.09. The summed E-state index contributed by atoms with van der Waals surface area (Å²) in [5.41, 5.74) is 0.834. The minimum atomic E-state index is -0.830. The van der Waals surface area contributed by atoms with Crippen molar-refractivity contribution in [2.24, 2.45) is 5.92 Å². The van der Waals surface area contributed by atoms with E-state index >= 15 is 0 Å². The average Bonchev–Trinajstić information content (AvgIpc) is 2.90. The van der Waals surface area contributed by atoms with E-state index in [1.54, 1.807) is 20.3 Å². The lowest BCUT2D eigenvalue weighted by Gasteiger charge is -2.23. The van der Waals surface area contributed by atoms with Crippen LogP contribution in [0.5, 0.6) is 17.2 Å². The van der Waals surface area contributed by atoms with Crippen LogP contribution >= 0.6 is 0 Å². The number of methoxy groups -OCH3 is 3. The van der Waals surface area contributed by atoms with Gasteiger partial charge in [0, 0.05) is 12.5 Å². The molecule has 1 aromatic carbocycles. The molecule has 1 aromatic rings. The Morgan fingerprint density at radius 2 is 1.74 bits per heavy atom. The van der Waals surface area contributed by atoms with E-state index in [1.807, 2.05) is 6.07 Å². The van der Waals surface area contributed by atoms with E-state index in [-0.39, 0.29) is 18.4 Å². The molecule has 2 rings (SSSR count). The van der Waals surface area contributed by atoms with Crippen LogP contribution in [0.1, 0.15) is 44.1 Å². The van der Waals surface area contributed by atoms with Gasteiger partial charge in [0.1, 0.15) is 0 Å². The Balaban J connectivity index is 2.03. The molecule has 2 atom stereocenters. The van der Waals surface area contributed by atoms with Gasteiger partial charge in [0.15, 0.2) is 11.5 Å². The molecule has 0 unspecified atom stereocenters. The van der Waals surface area contributed by atoms with Crippen LogP contribution in [0.3, 0.4) is 0 Å². The zero-order valence-corrected chi connectivity index (χ0v) is 16.2. The first-order chi connectivity index (χ1) is 13.0. The third-order valence-electron chi connectivity index (χ3n) is 5.09. The maximum atomic E-state index is 12.4. The van der Waals surface area contributed by atoms with Crippen LogP contribution in [0.15, 0.2) is 12.1 Å². The average molecular weight is 379 g/mol. The van der Waals surface area contributed by atoms with E-state index in [0.29, 0.717) is 36.5 Å². The number of carbonyl (C=O) groups is 2. The maximum absolute atomic E-state index is 12.4. The molecule has 0 saturated heterocycles. The zero-order chi connectivity index (χ0) is 19.8. The molecule has 0 aliphatic heterocycles. The Bertz CT molecular complexity index is 660. The van der Waals surface area contributed by atoms with Gasteiger partial charge < -0.3 is 24.6 Å². The number of aryl methyl sites for hydroxylation is 1. The number of aliphatic carboxylic acids is 1. The molecule has 0 spiro atoms. The first-order valence-electron chi connectivity index (χ1n) is 9.31. The summed E-state index contributed by atoms with van der Waals surface area (Å²) >= 11 is 0. The van der Waals surface area contributed by atoms with E-state index in [4.69, 9.17) is 14.2 Å². The summed E-state index contributed by atoms with van der Waals surface area (Å²) in [6.45, 7) is 0. The number of rotatable bonds is 8. The van der Waals surface area contributed by atoms with E-state index in [9.17, 15) is 14.7 Å². The van der Waals surface area contributed by atoms with Crippen molar-refractivity contribution in [3.8, 4) is 17.2 Å². The summed E-state index contributed by atoms with van der Waals surface area (Å²) in [6, 6.07) is 3.32. The number of hydrogen-bond acceptors (Lipinski definition) is 5. The van der Waals surface area contributed by atoms with Crippen molar-refractivity contribution < 1.29 is 28.9 Å². The number of carboxylic acids is 1. The van der Waals surface area contributed by atoms with Gasteiger partial charge in [-0.3, -0.25) is 9.59 Å². The van der Waals surface area contributed by atoms with Gasteiger partial charge >= 0.3 is 5.97 Å². The lowest BCUT2D eigenvalue weighted by atomic mass is 9.94. The number of carbonyl (C=O) groups excluding carboxylic acids is 1. The molecule has 0 radical (unpaired) electrons. The third kappa shape index (κ3) is 5.28. The molecule has 1 amide bonds. The molecule has 1 fully saturated rings. The van der Waals surface area contributed by atoms with Crippen LogP contribution in [0.25, 0.3) is 0 Å². The zero-order valence-electron chi connectivity index (χ0n) is 16.2. The van der Waals surface area contributed by atoms with Crippen LogP contribution in [-0.4, -0.2) is 44.4 Å². The number of hydrogen-bond donors (Lipinski definition) is 2. The van der Waals surface area contributed by atoms with Gasteiger partial charge in [-0.1, -0.05) is 25.3 Å². The second kappa shape index (κ2) is 10.0. The van der Waals surface area contributed by atoms with Crippen molar-refractivity contribution >= 4 is 11.9 Å². The van der Waals surface area contributed by atoms with Crippen LogP contribution in [0, 0.1) is 5.92 Å². The van der Waals surface area contributed by atoms with Gasteiger partial charge in [-0.25, -0.2) is 0 Å². The lowest BCUT2D eigenvalue weighted by molar-refractivity contribution is -0.143. The van der Waals surface area contributed by atoms with Gasteiger partial charge in [0.2, 0.25) is 11.7 Å². The SMILES string of the molecule is COc1ccc(CCC(=O)N[C@H]2CCCCC[C@H]2C(=O)O)c(OC)c1OC. The Morgan fingerprint density at radius 1 is 1.04 bits per heavy atom. The smallest absolute Gasteiger partial charge is 0.308 e. The van der Waals surface area contributed by atoms with Crippen LogP contribution in [-0.2, 0) is 16.0 Å². The van der Waals surface area contributed by atoms with Crippen LogP contribution < -0.4 is 19.5 Å². The highest BCUT2D eigenvalue weighted by atomic mass is 16.5. The summed E-state index contributed by atoms with van der Waals surface area (Å²) in [5.74, 6) is 0.112. The monoisotopic (exact) mass is 379 g/mol. The molecular weight excluding hydrogens is 350 g/mol. The van der Waals surface area contributed by atoms with Crippen molar-refractivity contribution in [1.82, 2.24) is 5.32 Å². The minimum Gasteiger partial charge on any atom is -0.493 e. The summed E-state index contributed by atoms with van der Waals surface area (Å²) in [7, 11) is 4.63. The fourth-order valence-corrected chi connectivity index (χ4v) is 3.66. The van der Waals surface area contributed by atoms with Gasteiger partial charge in [-0.2, -0.15) is 0 Å². The highest BCUT2D eigenvalue weighted by Gasteiger charge is 2.30. The first kappa shape index (κ1) is 20.9. The van der Waals surface area contributed by atoms with Crippen LogP contribution in [0.2, 0.25) is 0 Å². The standard InChI is InChI=1S/C20H29NO6/c1-25-16-11-9-13(18(26-2)19(16)27-3)10-12-17(22)21-15-8-6-4-5-7-14(15)20(23)24/h9,11,14-15H,4-8,10,12H2,1-3H3,(H,21,22)(H,23,24)/t14-,15+/m1/s1. The summed E-state index contributed by atoms with van der Waals surface area (Å²) in [4.78, 5) is 23.9. The number of benzene rings is 1. The Morgan fingerprint density at radius 3 is 2.37 bits per heavy atom. The van der Waals surface area contributed by atoms with Gasteiger partial charge in [-0.15, -0.1) is 0 Å². The number of nitrogens with one attached hydrogen (secondary N) is 1. The summed E-state index contributed by atoms with van der Waals surface area (Å²) in [6.07, 6.45) is 4.88. The maximum Gasteiger partial charge on any atom is 0.308 e. The highest BCUT2D eigenvalue weighted by molar-refractivity contribution is 5.78. The van der Waals surface area contributed by atoms with Gasteiger partial charge in [0.25, 0.3) is 0 Å². The lowest BCUT2D eigenvalue weighted by Crippen LogP contribution is -2.42. The molecule has 1 aliphatic rings. The molecule has 0 aromatic heterocycles. The van der Waals surface area contributed by atoms with Crippen molar-refractivity contribution in [1.29, 1.82) is 0 Å². The van der Waals surface area contributed by atoms with E-state index in [2.05, 4.69) is 5.32 Å². The molecule has 7 heteroatoms. The topological polar surface area (TPSA) is 94.1 Å². The molecule has 7 nitrogen and oxygen atoms in total. The second-order valence-corrected chi connectivity index (χ2v) is 6.75. The van der Waals surface area contributed by atoms with Crippen molar-refractivity contribution in [2.45, 2.75) is 51.0 Å². The van der Waals surface area contributed by atoms with E-state index in [0.717, 1.165) is 24.8 Å². The van der Waals surface area contributed by atoms with E-state index in [1.165, 1.54) is 7.11 Å². The number of carboxylic acid groups (broad SMARTS) is 1. The predicted octanol–water partition coefficient (Wildman–Crippen LogP) is 2.79. The van der Waals surface area contributed by atoms with Crippen molar-refractivity contribution in [2.75, 3.05) is 21.3 Å². The first-order valence-corrected chi connectivity index (χ1v) is 9.31. The van der Waals surface area contributed by atoms with Gasteiger partial charge in [-0.05, 0) is 30.9 Å². The van der Waals surface area contributed by atoms with Crippen molar-refractivity contribution in [3.63, 3.8) is 0 Å². The molecule has 1 saturated carbocycles. The predicted molar refractivity (Wildman–Crippen MR) is 101 cm³/mol. The molecule has 1 aliphatic carbocycles. The molecule has 2 N–H and O–H groups in total. The van der Waals surface area contributed by atoms with E-state index < -0.39 is 11.9 Å². The van der Waals surface area contributed by atoms with Crippen LogP contribution in [0.4, 0.5) is 0 Å². The normalized spacial score (nSPS) is 19.7. The fraction of sp³-hybridized carbons (Fsp3) is 0.600. The Hall–Kier alpha value is -2.44. The second-order valence-electron chi connectivity index (χ2n) is 6.75. The summed E-state index contributed by atoms with van der Waals surface area (Å²) < 4.78 is 16.1. The minimum absolute atomic E-state index is 0.148. The molecule has 0 heterocycles. The van der Waals surface area contributed by atoms with Gasteiger partial charge in [0.05, 0.1) is 27.2 Å². The molecule has 27 heavy (non-hydrogen) atoms. The number of amides is 1.